The first-order valence-electron chi connectivity index (χ1n) is 9.40. The highest BCUT2D eigenvalue weighted by Gasteiger charge is 2.19. The number of benzene rings is 1. The molecule has 0 radical (unpaired) electrons. The van der Waals surface area contributed by atoms with Crippen molar-refractivity contribution in [2.24, 2.45) is 0 Å². The second kappa shape index (κ2) is 8.49. The zero-order valence-corrected chi connectivity index (χ0v) is 15.3. The molecule has 1 aliphatic rings. The second-order valence-electron chi connectivity index (χ2n) is 6.57. The summed E-state index contributed by atoms with van der Waals surface area (Å²) in [5, 5.41) is 3.41. The van der Waals surface area contributed by atoms with E-state index in [1.54, 1.807) is 0 Å². The van der Waals surface area contributed by atoms with Crippen LogP contribution in [0.25, 0.3) is 0 Å². The molecule has 4 rings (SSSR count). The van der Waals surface area contributed by atoms with Gasteiger partial charge in [-0.2, -0.15) is 4.98 Å². The minimum Gasteiger partial charge on any atom is -0.370 e. The number of aromatic nitrogens is 3. The Hall–Kier alpha value is -3.15. The summed E-state index contributed by atoms with van der Waals surface area (Å²) in [5.74, 6) is 2.71. The van der Waals surface area contributed by atoms with Crippen LogP contribution in [0, 0.1) is 0 Å². The number of piperazine rings is 1. The molecule has 138 valence electrons. The monoisotopic (exact) mass is 360 g/mol. The summed E-state index contributed by atoms with van der Waals surface area (Å²) < 4.78 is 0. The number of anilines is 3. The van der Waals surface area contributed by atoms with Crippen molar-refractivity contribution in [1.29, 1.82) is 0 Å². The Morgan fingerprint density at radius 2 is 1.56 bits per heavy atom. The lowest BCUT2D eigenvalue weighted by atomic mass is 10.1. The summed E-state index contributed by atoms with van der Waals surface area (Å²) in [6.45, 7) is 4.49. The van der Waals surface area contributed by atoms with E-state index in [-0.39, 0.29) is 0 Å². The van der Waals surface area contributed by atoms with Crippen LogP contribution in [-0.4, -0.2) is 47.7 Å². The van der Waals surface area contributed by atoms with E-state index in [1.165, 1.54) is 5.56 Å². The maximum atomic E-state index is 4.69. The predicted molar refractivity (Wildman–Crippen MR) is 109 cm³/mol. The van der Waals surface area contributed by atoms with Crippen molar-refractivity contribution in [3.63, 3.8) is 0 Å². The largest absolute Gasteiger partial charge is 0.370 e. The van der Waals surface area contributed by atoms with Crippen LogP contribution in [0.2, 0.25) is 0 Å². The minimum atomic E-state index is 0.792. The zero-order chi connectivity index (χ0) is 18.3. The summed E-state index contributed by atoms with van der Waals surface area (Å²) in [7, 11) is 0. The van der Waals surface area contributed by atoms with Crippen molar-refractivity contribution in [1.82, 2.24) is 15.0 Å². The van der Waals surface area contributed by atoms with E-state index in [2.05, 4.69) is 55.4 Å². The molecule has 0 bridgehead atoms. The van der Waals surface area contributed by atoms with Crippen molar-refractivity contribution in [2.75, 3.05) is 47.8 Å². The third-order valence-corrected chi connectivity index (χ3v) is 4.74. The van der Waals surface area contributed by atoms with Crippen molar-refractivity contribution < 1.29 is 0 Å². The van der Waals surface area contributed by atoms with Crippen molar-refractivity contribution in [2.45, 2.75) is 6.42 Å². The molecule has 1 N–H and O–H groups in total. The van der Waals surface area contributed by atoms with Crippen LogP contribution in [0.3, 0.4) is 0 Å². The van der Waals surface area contributed by atoms with Crippen molar-refractivity contribution in [3.8, 4) is 0 Å². The number of nitrogens with one attached hydrogen (secondary N) is 1. The highest BCUT2D eigenvalue weighted by atomic mass is 15.3. The number of nitrogens with zero attached hydrogens (tertiary/aromatic N) is 5. The molecule has 1 aliphatic heterocycles. The van der Waals surface area contributed by atoms with Crippen LogP contribution < -0.4 is 15.1 Å². The van der Waals surface area contributed by atoms with Gasteiger partial charge in [-0.3, -0.25) is 0 Å². The van der Waals surface area contributed by atoms with Gasteiger partial charge in [-0.1, -0.05) is 36.4 Å². The van der Waals surface area contributed by atoms with Gasteiger partial charge in [0.15, 0.2) is 0 Å². The van der Waals surface area contributed by atoms with Crippen LogP contribution >= 0.6 is 0 Å². The van der Waals surface area contributed by atoms with Crippen LogP contribution in [0.15, 0.2) is 67.0 Å². The molecule has 27 heavy (non-hydrogen) atoms. The molecule has 0 saturated carbocycles. The van der Waals surface area contributed by atoms with Gasteiger partial charge in [0.25, 0.3) is 0 Å². The molecule has 1 fully saturated rings. The standard InChI is InChI=1S/C21H24N6/c1-2-6-18(7-3-1)9-12-22-19-10-13-24-21(25-19)27-16-14-26(15-17-27)20-8-4-5-11-23-20/h1-8,10-11,13H,9,12,14-17H2,(H,22,24,25). The van der Waals surface area contributed by atoms with Crippen LogP contribution in [0.4, 0.5) is 17.6 Å². The maximum Gasteiger partial charge on any atom is 0.227 e. The average molecular weight is 360 g/mol. The molecule has 3 heterocycles. The minimum absolute atomic E-state index is 0.792. The predicted octanol–water partition coefficient (Wildman–Crippen LogP) is 2.85. The SMILES string of the molecule is c1ccc(CCNc2ccnc(N3CCN(c4ccccn4)CC3)n2)cc1. The summed E-state index contributed by atoms with van der Waals surface area (Å²) >= 11 is 0. The zero-order valence-electron chi connectivity index (χ0n) is 15.3. The van der Waals surface area contributed by atoms with Gasteiger partial charge in [-0.05, 0) is 30.2 Å². The van der Waals surface area contributed by atoms with Gasteiger partial charge in [-0.15, -0.1) is 0 Å². The molecule has 0 spiro atoms. The Morgan fingerprint density at radius 3 is 2.33 bits per heavy atom. The third kappa shape index (κ3) is 4.53. The fourth-order valence-electron chi connectivity index (χ4n) is 3.26. The Morgan fingerprint density at radius 1 is 0.778 bits per heavy atom. The molecule has 6 heteroatoms. The lowest BCUT2D eigenvalue weighted by molar-refractivity contribution is 0.635. The highest BCUT2D eigenvalue weighted by molar-refractivity contribution is 5.45. The topological polar surface area (TPSA) is 57.2 Å². The molecule has 1 aromatic carbocycles. The molecule has 0 amide bonds. The molecular weight excluding hydrogens is 336 g/mol. The Balaban J connectivity index is 1.31. The first kappa shape index (κ1) is 17.3. The quantitative estimate of drug-likeness (QED) is 0.729. The Labute approximate surface area is 159 Å². The van der Waals surface area contributed by atoms with Crippen molar-refractivity contribution >= 4 is 17.6 Å². The number of hydrogen-bond acceptors (Lipinski definition) is 6. The van der Waals surface area contributed by atoms with Gasteiger partial charge in [0, 0.05) is 45.1 Å². The van der Waals surface area contributed by atoms with Gasteiger partial charge in [-0.25, -0.2) is 9.97 Å². The molecule has 1 saturated heterocycles. The molecule has 2 aromatic heterocycles. The summed E-state index contributed by atoms with van der Waals surface area (Å²) in [5.41, 5.74) is 1.32. The smallest absolute Gasteiger partial charge is 0.227 e. The summed E-state index contributed by atoms with van der Waals surface area (Å²) in [6.07, 6.45) is 4.65. The van der Waals surface area contributed by atoms with E-state index in [4.69, 9.17) is 4.98 Å². The van der Waals surface area contributed by atoms with E-state index in [0.29, 0.717) is 0 Å². The normalized spacial score (nSPS) is 14.2. The first-order chi connectivity index (χ1) is 13.4. The average Bonchev–Trinajstić information content (AvgIpc) is 2.76. The van der Waals surface area contributed by atoms with Gasteiger partial charge in [0.1, 0.15) is 11.6 Å². The van der Waals surface area contributed by atoms with Crippen molar-refractivity contribution in [3.05, 3.63) is 72.6 Å². The van der Waals surface area contributed by atoms with E-state index in [1.807, 2.05) is 36.7 Å². The van der Waals surface area contributed by atoms with E-state index in [9.17, 15) is 0 Å². The fourth-order valence-corrected chi connectivity index (χ4v) is 3.26. The lowest BCUT2D eigenvalue weighted by Gasteiger charge is -2.35. The number of hydrogen-bond donors (Lipinski definition) is 1. The molecule has 0 unspecified atom stereocenters. The number of rotatable bonds is 6. The van der Waals surface area contributed by atoms with Crippen LogP contribution in [0.5, 0.6) is 0 Å². The van der Waals surface area contributed by atoms with E-state index < -0.39 is 0 Å². The van der Waals surface area contributed by atoms with E-state index >= 15 is 0 Å². The Bertz CT molecular complexity index is 832. The summed E-state index contributed by atoms with van der Waals surface area (Å²) in [6, 6.07) is 18.4. The summed E-state index contributed by atoms with van der Waals surface area (Å²) in [4.78, 5) is 18.1. The second-order valence-corrected chi connectivity index (χ2v) is 6.57. The van der Waals surface area contributed by atoms with Gasteiger partial charge < -0.3 is 15.1 Å². The molecule has 3 aromatic rings. The van der Waals surface area contributed by atoms with Gasteiger partial charge in [0.05, 0.1) is 0 Å². The maximum absolute atomic E-state index is 4.69. The fraction of sp³-hybridized carbons (Fsp3) is 0.286. The van der Waals surface area contributed by atoms with Gasteiger partial charge in [0.2, 0.25) is 5.95 Å². The molecule has 0 aliphatic carbocycles. The highest BCUT2D eigenvalue weighted by Crippen LogP contribution is 2.17. The van der Waals surface area contributed by atoms with Gasteiger partial charge >= 0.3 is 0 Å². The number of pyridine rings is 1. The lowest BCUT2D eigenvalue weighted by Crippen LogP contribution is -2.47. The van der Waals surface area contributed by atoms with E-state index in [0.717, 1.165) is 56.7 Å². The Kier molecular flexibility index (Phi) is 5.43. The molecule has 0 atom stereocenters. The first-order valence-corrected chi connectivity index (χ1v) is 9.40. The molecule has 6 nitrogen and oxygen atoms in total. The van der Waals surface area contributed by atoms with Crippen LogP contribution in [0.1, 0.15) is 5.56 Å². The third-order valence-electron chi connectivity index (χ3n) is 4.74. The van der Waals surface area contributed by atoms with Crippen LogP contribution in [-0.2, 0) is 6.42 Å². The molecular formula is C21H24N6.